The SMILES string of the molecule is CN=C(NCc1ccc(-n2cncn2)cc1)NCc1ccccc1Cl. The van der Waals surface area contributed by atoms with Crippen LogP contribution >= 0.6 is 11.6 Å². The maximum absolute atomic E-state index is 6.17. The van der Waals surface area contributed by atoms with Gasteiger partial charge in [-0.2, -0.15) is 5.10 Å². The molecule has 128 valence electrons. The molecule has 0 aliphatic heterocycles. The van der Waals surface area contributed by atoms with Crippen LogP contribution in [-0.4, -0.2) is 27.8 Å². The van der Waals surface area contributed by atoms with Gasteiger partial charge in [-0.1, -0.05) is 41.9 Å². The number of aromatic nitrogens is 3. The van der Waals surface area contributed by atoms with Gasteiger partial charge in [-0.05, 0) is 29.3 Å². The van der Waals surface area contributed by atoms with Crippen molar-refractivity contribution in [3.8, 4) is 5.69 Å². The minimum absolute atomic E-state index is 0.616. The zero-order chi connectivity index (χ0) is 17.5. The summed E-state index contributed by atoms with van der Waals surface area (Å²) < 4.78 is 1.72. The summed E-state index contributed by atoms with van der Waals surface area (Å²) in [6.45, 7) is 1.28. The molecule has 0 saturated carbocycles. The van der Waals surface area contributed by atoms with Crippen LogP contribution in [0.15, 0.2) is 66.2 Å². The number of rotatable bonds is 5. The van der Waals surface area contributed by atoms with Gasteiger partial charge in [-0.3, -0.25) is 4.99 Å². The molecular weight excluding hydrogens is 336 g/mol. The normalized spacial score (nSPS) is 11.4. The number of hydrogen-bond acceptors (Lipinski definition) is 3. The lowest BCUT2D eigenvalue weighted by Crippen LogP contribution is -2.36. The minimum Gasteiger partial charge on any atom is -0.352 e. The number of aliphatic imine (C=N–C) groups is 1. The highest BCUT2D eigenvalue weighted by atomic mass is 35.5. The van der Waals surface area contributed by atoms with Gasteiger partial charge >= 0.3 is 0 Å². The molecule has 6 nitrogen and oxygen atoms in total. The van der Waals surface area contributed by atoms with Crippen molar-refractivity contribution >= 4 is 17.6 Å². The van der Waals surface area contributed by atoms with Gasteiger partial charge in [-0.25, -0.2) is 9.67 Å². The first kappa shape index (κ1) is 17.0. The predicted molar refractivity (Wildman–Crippen MR) is 99.8 cm³/mol. The molecule has 0 saturated heterocycles. The molecule has 0 atom stereocenters. The first-order chi connectivity index (χ1) is 12.3. The first-order valence-electron chi connectivity index (χ1n) is 7.88. The topological polar surface area (TPSA) is 67.1 Å². The molecule has 0 bridgehead atoms. The van der Waals surface area contributed by atoms with E-state index in [4.69, 9.17) is 11.6 Å². The molecule has 2 N–H and O–H groups in total. The number of benzene rings is 2. The van der Waals surface area contributed by atoms with Crippen molar-refractivity contribution in [2.24, 2.45) is 4.99 Å². The first-order valence-corrected chi connectivity index (χ1v) is 8.26. The zero-order valence-electron chi connectivity index (χ0n) is 13.9. The summed E-state index contributed by atoms with van der Waals surface area (Å²) in [6.07, 6.45) is 3.19. The summed E-state index contributed by atoms with van der Waals surface area (Å²) in [5.74, 6) is 0.722. The Hall–Kier alpha value is -2.86. The van der Waals surface area contributed by atoms with Crippen LogP contribution in [0.2, 0.25) is 5.02 Å². The van der Waals surface area contributed by atoms with Gasteiger partial charge < -0.3 is 10.6 Å². The Morgan fingerprint density at radius 1 is 1.08 bits per heavy atom. The molecule has 3 aromatic rings. The Bertz CT molecular complexity index is 827. The van der Waals surface area contributed by atoms with Crippen LogP contribution in [0, 0.1) is 0 Å². The van der Waals surface area contributed by atoms with E-state index >= 15 is 0 Å². The van der Waals surface area contributed by atoms with Crippen LogP contribution in [-0.2, 0) is 13.1 Å². The number of hydrogen-bond donors (Lipinski definition) is 2. The van der Waals surface area contributed by atoms with Crippen molar-refractivity contribution in [2.75, 3.05) is 7.05 Å². The van der Waals surface area contributed by atoms with Crippen LogP contribution in [0.5, 0.6) is 0 Å². The standard InChI is InChI=1S/C18H19ClN6/c1-20-18(23-11-15-4-2-3-5-17(15)19)22-10-14-6-8-16(9-7-14)25-13-21-12-24-25/h2-9,12-13H,10-11H2,1H3,(H2,20,22,23). The second-order valence-corrected chi connectivity index (χ2v) is 5.78. The second-order valence-electron chi connectivity index (χ2n) is 5.38. The van der Waals surface area contributed by atoms with E-state index in [1.165, 1.54) is 6.33 Å². The van der Waals surface area contributed by atoms with E-state index in [9.17, 15) is 0 Å². The molecule has 0 spiro atoms. The molecule has 1 aromatic heterocycles. The molecule has 0 unspecified atom stereocenters. The van der Waals surface area contributed by atoms with Crippen LogP contribution in [0.3, 0.4) is 0 Å². The molecule has 7 heteroatoms. The lowest BCUT2D eigenvalue weighted by Gasteiger charge is -2.13. The molecule has 3 rings (SSSR count). The largest absolute Gasteiger partial charge is 0.352 e. The third-order valence-electron chi connectivity index (χ3n) is 3.71. The van der Waals surface area contributed by atoms with Gasteiger partial charge in [0.25, 0.3) is 0 Å². The van der Waals surface area contributed by atoms with Crippen molar-refractivity contribution < 1.29 is 0 Å². The fourth-order valence-corrected chi connectivity index (χ4v) is 2.54. The van der Waals surface area contributed by atoms with Gasteiger partial charge in [0.05, 0.1) is 5.69 Å². The van der Waals surface area contributed by atoms with Gasteiger partial charge in [0.15, 0.2) is 5.96 Å². The molecular formula is C18H19ClN6. The Kier molecular flexibility index (Phi) is 5.64. The highest BCUT2D eigenvalue weighted by Gasteiger charge is 2.02. The monoisotopic (exact) mass is 354 g/mol. The summed E-state index contributed by atoms with van der Waals surface area (Å²) in [4.78, 5) is 8.18. The Balaban J connectivity index is 1.53. The van der Waals surface area contributed by atoms with E-state index in [0.29, 0.717) is 13.1 Å². The molecule has 2 aromatic carbocycles. The number of nitrogens with one attached hydrogen (secondary N) is 2. The van der Waals surface area contributed by atoms with E-state index in [1.807, 2.05) is 48.5 Å². The highest BCUT2D eigenvalue weighted by molar-refractivity contribution is 6.31. The average Bonchev–Trinajstić information content (AvgIpc) is 3.18. The molecule has 0 fully saturated rings. The summed E-state index contributed by atoms with van der Waals surface area (Å²) in [7, 11) is 1.75. The quantitative estimate of drug-likeness (QED) is 0.546. The summed E-state index contributed by atoms with van der Waals surface area (Å²) in [5.41, 5.74) is 3.15. The van der Waals surface area contributed by atoms with Crippen molar-refractivity contribution in [2.45, 2.75) is 13.1 Å². The maximum atomic E-state index is 6.17. The summed E-state index contributed by atoms with van der Waals surface area (Å²) in [5, 5.41) is 11.4. The van der Waals surface area contributed by atoms with Gasteiger partial charge in [0.2, 0.25) is 0 Å². The molecule has 0 radical (unpaired) electrons. The van der Waals surface area contributed by atoms with Crippen molar-refractivity contribution in [3.05, 3.63) is 77.3 Å². The van der Waals surface area contributed by atoms with E-state index in [0.717, 1.165) is 27.8 Å². The average molecular weight is 355 g/mol. The minimum atomic E-state index is 0.616. The lowest BCUT2D eigenvalue weighted by atomic mass is 10.2. The number of guanidine groups is 1. The molecule has 25 heavy (non-hydrogen) atoms. The highest BCUT2D eigenvalue weighted by Crippen LogP contribution is 2.14. The number of halogens is 1. The van der Waals surface area contributed by atoms with Crippen molar-refractivity contribution in [3.63, 3.8) is 0 Å². The Morgan fingerprint density at radius 2 is 1.84 bits per heavy atom. The zero-order valence-corrected chi connectivity index (χ0v) is 14.6. The molecule has 0 aliphatic rings. The van der Waals surface area contributed by atoms with E-state index in [2.05, 4.69) is 25.7 Å². The van der Waals surface area contributed by atoms with Crippen molar-refractivity contribution in [1.82, 2.24) is 25.4 Å². The maximum Gasteiger partial charge on any atom is 0.191 e. The van der Waals surface area contributed by atoms with E-state index < -0.39 is 0 Å². The summed E-state index contributed by atoms with van der Waals surface area (Å²) >= 11 is 6.17. The van der Waals surface area contributed by atoms with E-state index in [1.54, 1.807) is 18.1 Å². The third kappa shape index (κ3) is 4.58. The smallest absolute Gasteiger partial charge is 0.191 e. The molecule has 0 aliphatic carbocycles. The number of nitrogens with zero attached hydrogens (tertiary/aromatic N) is 4. The molecule has 1 heterocycles. The van der Waals surface area contributed by atoms with E-state index in [-0.39, 0.29) is 0 Å². The van der Waals surface area contributed by atoms with Crippen molar-refractivity contribution in [1.29, 1.82) is 0 Å². The van der Waals surface area contributed by atoms with Gasteiger partial charge in [0, 0.05) is 25.2 Å². The fraction of sp³-hybridized carbons (Fsp3) is 0.167. The molecule has 0 amide bonds. The Morgan fingerprint density at radius 3 is 2.52 bits per heavy atom. The Labute approximate surface area is 151 Å². The van der Waals surface area contributed by atoms with Gasteiger partial charge in [-0.15, -0.1) is 0 Å². The fourth-order valence-electron chi connectivity index (χ4n) is 2.34. The third-order valence-corrected chi connectivity index (χ3v) is 4.08. The van der Waals surface area contributed by atoms with Crippen LogP contribution in [0.1, 0.15) is 11.1 Å². The van der Waals surface area contributed by atoms with Crippen LogP contribution in [0.25, 0.3) is 5.69 Å². The lowest BCUT2D eigenvalue weighted by molar-refractivity contribution is 0.808. The second kappa shape index (κ2) is 8.30. The predicted octanol–water partition coefficient (Wildman–Crippen LogP) is 2.79. The van der Waals surface area contributed by atoms with Gasteiger partial charge in [0.1, 0.15) is 12.7 Å². The van der Waals surface area contributed by atoms with Crippen LogP contribution < -0.4 is 10.6 Å². The summed E-state index contributed by atoms with van der Waals surface area (Å²) in [6, 6.07) is 15.9. The van der Waals surface area contributed by atoms with Crippen LogP contribution in [0.4, 0.5) is 0 Å².